The Kier molecular flexibility index (Phi) is 3.97. The van der Waals surface area contributed by atoms with Crippen LogP contribution in [0.15, 0.2) is 18.3 Å². The fourth-order valence-electron chi connectivity index (χ4n) is 2.85. The molecule has 110 valence electrons. The van der Waals surface area contributed by atoms with E-state index in [9.17, 15) is 0 Å². The van der Waals surface area contributed by atoms with Gasteiger partial charge in [-0.2, -0.15) is 0 Å². The van der Waals surface area contributed by atoms with Crippen LogP contribution in [0.3, 0.4) is 0 Å². The van der Waals surface area contributed by atoms with E-state index in [2.05, 4.69) is 30.2 Å². The fourth-order valence-corrected chi connectivity index (χ4v) is 2.85. The quantitative estimate of drug-likeness (QED) is 0.889. The molecule has 2 fully saturated rings. The van der Waals surface area contributed by atoms with E-state index in [0.29, 0.717) is 11.5 Å². The molecule has 20 heavy (non-hydrogen) atoms. The molecule has 0 unspecified atom stereocenters. The van der Waals surface area contributed by atoms with Crippen molar-refractivity contribution < 1.29 is 4.74 Å². The zero-order valence-corrected chi connectivity index (χ0v) is 12.7. The van der Waals surface area contributed by atoms with E-state index in [-0.39, 0.29) is 0 Å². The Morgan fingerprint density at radius 3 is 2.70 bits per heavy atom. The highest BCUT2D eigenvalue weighted by Crippen LogP contribution is 2.36. The maximum atomic E-state index is 6.14. The Bertz CT molecular complexity index is 444. The zero-order chi connectivity index (χ0) is 14.0. The molecule has 3 nitrogen and oxygen atoms in total. The van der Waals surface area contributed by atoms with Crippen LogP contribution in [-0.2, 0) is 6.54 Å². The summed E-state index contributed by atoms with van der Waals surface area (Å²) in [5, 5.41) is 3.50. The average molecular weight is 274 g/mol. The molecule has 0 bridgehead atoms. The lowest BCUT2D eigenvalue weighted by Crippen LogP contribution is -2.28. The van der Waals surface area contributed by atoms with E-state index in [1.54, 1.807) is 0 Å². The summed E-state index contributed by atoms with van der Waals surface area (Å²) in [4.78, 5) is 4.41. The lowest BCUT2D eigenvalue weighted by Gasteiger charge is -2.34. The molecule has 0 aromatic carbocycles. The Morgan fingerprint density at radius 1 is 1.25 bits per heavy atom. The minimum absolute atomic E-state index is 0.384. The standard InChI is InChI=1S/C17H26N2O/c1-17(2)8-5-15(6-9-17)20-16-7-10-18-14(11-16)12-19-13-3-4-13/h7,10-11,13,15,19H,3-6,8-9,12H2,1-2H3. The Labute approximate surface area is 122 Å². The molecular formula is C17H26N2O. The van der Waals surface area contributed by atoms with Crippen molar-refractivity contribution in [1.82, 2.24) is 10.3 Å². The lowest BCUT2D eigenvalue weighted by atomic mass is 9.76. The molecule has 1 aromatic heterocycles. The first-order chi connectivity index (χ1) is 9.61. The zero-order valence-electron chi connectivity index (χ0n) is 12.7. The second-order valence-electron chi connectivity index (χ2n) is 7.12. The maximum Gasteiger partial charge on any atom is 0.123 e. The molecule has 1 aromatic rings. The molecule has 0 spiro atoms. The van der Waals surface area contributed by atoms with Crippen molar-refractivity contribution in [1.29, 1.82) is 0 Å². The predicted molar refractivity (Wildman–Crippen MR) is 80.8 cm³/mol. The van der Waals surface area contributed by atoms with Crippen LogP contribution in [0.2, 0.25) is 0 Å². The van der Waals surface area contributed by atoms with Crippen molar-refractivity contribution in [3.8, 4) is 5.75 Å². The van der Waals surface area contributed by atoms with Gasteiger partial charge in [0.05, 0.1) is 11.8 Å². The van der Waals surface area contributed by atoms with Crippen LogP contribution in [-0.4, -0.2) is 17.1 Å². The molecule has 0 radical (unpaired) electrons. The molecule has 3 heteroatoms. The number of aromatic nitrogens is 1. The van der Waals surface area contributed by atoms with Crippen LogP contribution in [0.1, 0.15) is 58.1 Å². The SMILES string of the molecule is CC1(C)CCC(Oc2ccnc(CNC3CC3)c2)CC1. The van der Waals surface area contributed by atoms with E-state index in [0.717, 1.165) is 24.0 Å². The van der Waals surface area contributed by atoms with Gasteiger partial charge < -0.3 is 10.1 Å². The minimum atomic E-state index is 0.384. The highest BCUT2D eigenvalue weighted by Gasteiger charge is 2.27. The first kappa shape index (κ1) is 13.9. The summed E-state index contributed by atoms with van der Waals surface area (Å²) in [5.74, 6) is 0.984. The number of nitrogens with zero attached hydrogens (tertiary/aromatic N) is 1. The van der Waals surface area contributed by atoms with Gasteiger partial charge in [0.15, 0.2) is 0 Å². The highest BCUT2D eigenvalue weighted by molar-refractivity contribution is 5.23. The number of pyridine rings is 1. The monoisotopic (exact) mass is 274 g/mol. The van der Waals surface area contributed by atoms with Gasteiger partial charge in [-0.25, -0.2) is 0 Å². The van der Waals surface area contributed by atoms with Crippen molar-refractivity contribution in [3.05, 3.63) is 24.0 Å². The fraction of sp³-hybridized carbons (Fsp3) is 0.706. The summed E-state index contributed by atoms with van der Waals surface area (Å²) in [6, 6.07) is 4.80. The summed E-state index contributed by atoms with van der Waals surface area (Å²) >= 11 is 0. The summed E-state index contributed by atoms with van der Waals surface area (Å²) in [6.07, 6.45) is 9.75. The number of nitrogens with one attached hydrogen (secondary N) is 1. The average Bonchev–Trinajstić information content (AvgIpc) is 3.24. The molecule has 0 saturated heterocycles. The summed E-state index contributed by atoms with van der Waals surface area (Å²) in [6.45, 7) is 5.58. The lowest BCUT2D eigenvalue weighted by molar-refractivity contribution is 0.0986. The van der Waals surface area contributed by atoms with Crippen LogP contribution in [0, 0.1) is 5.41 Å². The third-order valence-electron chi connectivity index (χ3n) is 4.53. The highest BCUT2D eigenvalue weighted by atomic mass is 16.5. The molecule has 1 N–H and O–H groups in total. The Morgan fingerprint density at radius 2 is 2.00 bits per heavy atom. The van der Waals surface area contributed by atoms with Crippen LogP contribution in [0.4, 0.5) is 0 Å². The van der Waals surface area contributed by atoms with E-state index in [1.165, 1.54) is 38.5 Å². The molecule has 0 amide bonds. The second kappa shape index (κ2) is 5.72. The van der Waals surface area contributed by atoms with Gasteiger partial charge in [-0.1, -0.05) is 13.8 Å². The third kappa shape index (κ3) is 3.95. The number of hydrogen-bond acceptors (Lipinski definition) is 3. The number of rotatable bonds is 5. The molecule has 0 aliphatic heterocycles. The molecule has 0 atom stereocenters. The van der Waals surface area contributed by atoms with E-state index in [4.69, 9.17) is 4.74 Å². The van der Waals surface area contributed by atoms with Gasteiger partial charge >= 0.3 is 0 Å². The van der Waals surface area contributed by atoms with Crippen molar-refractivity contribution in [3.63, 3.8) is 0 Å². The maximum absolute atomic E-state index is 6.14. The first-order valence-corrected chi connectivity index (χ1v) is 7.96. The van der Waals surface area contributed by atoms with Gasteiger partial charge in [0.25, 0.3) is 0 Å². The topological polar surface area (TPSA) is 34.1 Å². The predicted octanol–water partition coefficient (Wildman–Crippen LogP) is 3.68. The van der Waals surface area contributed by atoms with Crippen LogP contribution >= 0.6 is 0 Å². The minimum Gasteiger partial charge on any atom is -0.490 e. The van der Waals surface area contributed by atoms with Crippen molar-refractivity contribution in [2.75, 3.05) is 0 Å². The Balaban J connectivity index is 1.52. The van der Waals surface area contributed by atoms with E-state index in [1.807, 2.05) is 12.3 Å². The number of hydrogen-bond donors (Lipinski definition) is 1. The van der Waals surface area contributed by atoms with Gasteiger partial charge in [-0.05, 0) is 50.0 Å². The van der Waals surface area contributed by atoms with Gasteiger partial charge in [0.1, 0.15) is 5.75 Å². The second-order valence-corrected chi connectivity index (χ2v) is 7.12. The van der Waals surface area contributed by atoms with Crippen LogP contribution < -0.4 is 10.1 Å². The summed E-state index contributed by atoms with van der Waals surface area (Å²) in [5.41, 5.74) is 1.59. The number of ether oxygens (including phenoxy) is 1. The molecule has 2 aliphatic rings. The molecule has 2 aliphatic carbocycles. The molecule has 1 heterocycles. The van der Waals surface area contributed by atoms with Crippen LogP contribution in [0.25, 0.3) is 0 Å². The Hall–Kier alpha value is -1.09. The normalized spacial score (nSPS) is 22.7. The van der Waals surface area contributed by atoms with Crippen molar-refractivity contribution in [2.24, 2.45) is 5.41 Å². The van der Waals surface area contributed by atoms with Crippen LogP contribution in [0.5, 0.6) is 5.75 Å². The molecule has 3 rings (SSSR count). The van der Waals surface area contributed by atoms with Gasteiger partial charge in [0.2, 0.25) is 0 Å². The third-order valence-corrected chi connectivity index (χ3v) is 4.53. The largest absolute Gasteiger partial charge is 0.490 e. The first-order valence-electron chi connectivity index (χ1n) is 7.96. The van der Waals surface area contributed by atoms with E-state index >= 15 is 0 Å². The summed E-state index contributed by atoms with van der Waals surface area (Å²) in [7, 11) is 0. The van der Waals surface area contributed by atoms with Crippen molar-refractivity contribution in [2.45, 2.75) is 71.1 Å². The van der Waals surface area contributed by atoms with Gasteiger partial charge in [0, 0.05) is 24.8 Å². The van der Waals surface area contributed by atoms with Crippen molar-refractivity contribution >= 4 is 0 Å². The van der Waals surface area contributed by atoms with Gasteiger partial charge in [-0.3, -0.25) is 4.98 Å². The summed E-state index contributed by atoms with van der Waals surface area (Å²) < 4.78 is 6.14. The smallest absolute Gasteiger partial charge is 0.123 e. The molecular weight excluding hydrogens is 248 g/mol. The van der Waals surface area contributed by atoms with E-state index < -0.39 is 0 Å². The molecule has 2 saturated carbocycles. The van der Waals surface area contributed by atoms with Gasteiger partial charge in [-0.15, -0.1) is 0 Å².